The van der Waals surface area contributed by atoms with Gasteiger partial charge in [-0.3, -0.25) is 0 Å². The lowest BCUT2D eigenvalue weighted by Gasteiger charge is -2.36. The van der Waals surface area contributed by atoms with E-state index in [0.717, 1.165) is 23.8 Å². The van der Waals surface area contributed by atoms with E-state index >= 15 is 0 Å². The molecular formula is C20H31N. The van der Waals surface area contributed by atoms with Crippen molar-refractivity contribution in [2.75, 3.05) is 6.54 Å². The Morgan fingerprint density at radius 1 is 1.05 bits per heavy atom. The van der Waals surface area contributed by atoms with Crippen LogP contribution in [0.5, 0.6) is 0 Å². The molecule has 0 amide bonds. The van der Waals surface area contributed by atoms with E-state index < -0.39 is 0 Å². The summed E-state index contributed by atoms with van der Waals surface area (Å²) in [4.78, 5) is 0. The number of aryl methyl sites for hydroxylation is 1. The van der Waals surface area contributed by atoms with Crippen LogP contribution in [0.3, 0.4) is 0 Å². The van der Waals surface area contributed by atoms with Crippen LogP contribution in [0.4, 0.5) is 0 Å². The van der Waals surface area contributed by atoms with Crippen LogP contribution in [-0.2, 0) is 6.42 Å². The summed E-state index contributed by atoms with van der Waals surface area (Å²) in [5.41, 5.74) is 3.06. The van der Waals surface area contributed by atoms with Gasteiger partial charge >= 0.3 is 0 Å². The van der Waals surface area contributed by atoms with Crippen LogP contribution in [0.1, 0.15) is 56.6 Å². The Hall–Kier alpha value is -0.820. The Labute approximate surface area is 130 Å². The summed E-state index contributed by atoms with van der Waals surface area (Å²) >= 11 is 0. The van der Waals surface area contributed by atoms with Crippen LogP contribution in [0.25, 0.3) is 0 Å². The molecule has 1 nitrogen and oxygen atoms in total. The molecule has 0 radical (unpaired) electrons. The van der Waals surface area contributed by atoms with Gasteiger partial charge in [0.1, 0.15) is 0 Å². The Kier molecular flexibility index (Phi) is 5.00. The van der Waals surface area contributed by atoms with Gasteiger partial charge in [-0.2, -0.15) is 0 Å². The molecule has 1 heteroatoms. The maximum atomic E-state index is 3.79. The molecule has 0 spiro atoms. The number of benzene rings is 1. The quantitative estimate of drug-likeness (QED) is 0.796. The van der Waals surface area contributed by atoms with Crippen molar-refractivity contribution < 1.29 is 0 Å². The number of hydrogen-bond acceptors (Lipinski definition) is 1. The molecule has 0 aliphatic heterocycles. The highest BCUT2D eigenvalue weighted by molar-refractivity contribution is 5.26. The Morgan fingerprint density at radius 3 is 2.57 bits per heavy atom. The fourth-order valence-electron chi connectivity index (χ4n) is 4.04. The average molecular weight is 285 g/mol. The molecule has 3 rings (SSSR count). The standard InChI is InChI=1S/C20H31N/c1-3-16-8-9-18(14-21-20-10-11-20)19(12-16)13-17-7-5-4-6-15(17)2/h4-7,16,18-21H,3,8-14H2,1-2H3. The highest BCUT2D eigenvalue weighted by atomic mass is 14.9. The minimum Gasteiger partial charge on any atom is -0.314 e. The highest BCUT2D eigenvalue weighted by Gasteiger charge is 2.31. The van der Waals surface area contributed by atoms with E-state index in [1.807, 2.05) is 0 Å². The van der Waals surface area contributed by atoms with Crippen molar-refractivity contribution in [3.8, 4) is 0 Å². The number of nitrogens with one attached hydrogen (secondary N) is 1. The van der Waals surface area contributed by atoms with Crippen LogP contribution < -0.4 is 5.32 Å². The van der Waals surface area contributed by atoms with Crippen molar-refractivity contribution in [3.05, 3.63) is 35.4 Å². The van der Waals surface area contributed by atoms with Gasteiger partial charge in [0.2, 0.25) is 0 Å². The van der Waals surface area contributed by atoms with Crippen molar-refractivity contribution in [1.82, 2.24) is 5.32 Å². The molecule has 1 aromatic carbocycles. The third-order valence-electron chi connectivity index (χ3n) is 5.82. The van der Waals surface area contributed by atoms with Gasteiger partial charge in [0.05, 0.1) is 0 Å². The van der Waals surface area contributed by atoms with E-state index in [2.05, 4.69) is 43.4 Å². The molecule has 1 N–H and O–H groups in total. The normalized spacial score (nSPS) is 29.5. The highest BCUT2D eigenvalue weighted by Crippen LogP contribution is 2.38. The van der Waals surface area contributed by atoms with Gasteiger partial charge in [0.15, 0.2) is 0 Å². The summed E-state index contributed by atoms with van der Waals surface area (Å²) in [5.74, 6) is 2.75. The van der Waals surface area contributed by atoms with Gasteiger partial charge in [0.25, 0.3) is 0 Å². The predicted octanol–water partition coefficient (Wildman–Crippen LogP) is 4.73. The SMILES string of the molecule is CCC1CCC(CNC2CC2)C(Cc2ccccc2C)C1. The van der Waals surface area contributed by atoms with Crippen molar-refractivity contribution in [2.24, 2.45) is 17.8 Å². The molecule has 1 aromatic rings. The minimum atomic E-state index is 0.855. The van der Waals surface area contributed by atoms with Gasteiger partial charge in [-0.25, -0.2) is 0 Å². The molecule has 2 fully saturated rings. The molecule has 0 bridgehead atoms. The van der Waals surface area contributed by atoms with Crippen molar-refractivity contribution in [3.63, 3.8) is 0 Å². The maximum absolute atomic E-state index is 3.79. The van der Waals surface area contributed by atoms with E-state index in [9.17, 15) is 0 Å². The summed E-state index contributed by atoms with van der Waals surface area (Å²) < 4.78 is 0. The summed E-state index contributed by atoms with van der Waals surface area (Å²) in [7, 11) is 0. The largest absolute Gasteiger partial charge is 0.314 e. The van der Waals surface area contributed by atoms with Gasteiger partial charge in [0, 0.05) is 6.04 Å². The predicted molar refractivity (Wildman–Crippen MR) is 90.5 cm³/mol. The van der Waals surface area contributed by atoms with E-state index in [1.54, 1.807) is 5.56 Å². The Bertz CT molecular complexity index is 449. The second-order valence-electron chi connectivity index (χ2n) is 7.42. The fourth-order valence-corrected chi connectivity index (χ4v) is 4.04. The lowest BCUT2D eigenvalue weighted by molar-refractivity contribution is 0.171. The summed E-state index contributed by atoms with van der Waals surface area (Å²) in [6.45, 7) is 5.91. The van der Waals surface area contributed by atoms with Crippen molar-refractivity contribution in [1.29, 1.82) is 0 Å². The zero-order chi connectivity index (χ0) is 14.7. The van der Waals surface area contributed by atoms with Gasteiger partial charge in [-0.05, 0) is 74.5 Å². The first-order valence-corrected chi connectivity index (χ1v) is 9.04. The molecule has 116 valence electrons. The summed E-state index contributed by atoms with van der Waals surface area (Å²) in [6, 6.07) is 9.84. The molecule has 0 saturated heterocycles. The van der Waals surface area contributed by atoms with Crippen LogP contribution in [0, 0.1) is 24.7 Å². The third-order valence-corrected chi connectivity index (χ3v) is 5.82. The van der Waals surface area contributed by atoms with E-state index in [4.69, 9.17) is 0 Å². The van der Waals surface area contributed by atoms with Gasteiger partial charge in [-0.1, -0.05) is 44.0 Å². The van der Waals surface area contributed by atoms with Crippen LogP contribution >= 0.6 is 0 Å². The molecular weight excluding hydrogens is 254 g/mol. The molecule has 2 saturated carbocycles. The topological polar surface area (TPSA) is 12.0 Å². The first-order chi connectivity index (χ1) is 10.3. The van der Waals surface area contributed by atoms with E-state index in [-0.39, 0.29) is 0 Å². The van der Waals surface area contributed by atoms with Gasteiger partial charge in [-0.15, -0.1) is 0 Å². The van der Waals surface area contributed by atoms with E-state index in [0.29, 0.717) is 0 Å². The van der Waals surface area contributed by atoms with Crippen molar-refractivity contribution >= 4 is 0 Å². The van der Waals surface area contributed by atoms with Crippen LogP contribution in [0.2, 0.25) is 0 Å². The zero-order valence-electron chi connectivity index (χ0n) is 13.8. The molecule has 3 unspecified atom stereocenters. The molecule has 2 aliphatic carbocycles. The fraction of sp³-hybridized carbons (Fsp3) is 0.700. The molecule has 0 heterocycles. The second kappa shape index (κ2) is 6.96. The van der Waals surface area contributed by atoms with Crippen molar-refractivity contribution in [2.45, 2.75) is 64.8 Å². The lowest BCUT2D eigenvalue weighted by atomic mass is 9.70. The van der Waals surface area contributed by atoms with Crippen LogP contribution in [0.15, 0.2) is 24.3 Å². The van der Waals surface area contributed by atoms with Gasteiger partial charge < -0.3 is 5.32 Å². The smallest absolute Gasteiger partial charge is 0.00683 e. The number of hydrogen-bond donors (Lipinski definition) is 1. The third kappa shape index (κ3) is 4.10. The first-order valence-electron chi connectivity index (χ1n) is 9.04. The summed E-state index contributed by atoms with van der Waals surface area (Å²) in [6.07, 6.45) is 9.82. The molecule has 0 aromatic heterocycles. The lowest BCUT2D eigenvalue weighted by Crippen LogP contribution is -2.35. The zero-order valence-corrected chi connectivity index (χ0v) is 13.8. The Balaban J connectivity index is 1.65. The maximum Gasteiger partial charge on any atom is 0.00683 e. The second-order valence-corrected chi connectivity index (χ2v) is 7.42. The molecule has 21 heavy (non-hydrogen) atoms. The average Bonchev–Trinajstić information content (AvgIpc) is 3.32. The minimum absolute atomic E-state index is 0.855. The monoisotopic (exact) mass is 285 g/mol. The van der Waals surface area contributed by atoms with E-state index in [1.165, 1.54) is 57.1 Å². The molecule has 2 aliphatic rings. The number of rotatable bonds is 6. The molecule has 3 atom stereocenters. The Morgan fingerprint density at radius 2 is 1.86 bits per heavy atom. The van der Waals surface area contributed by atoms with Crippen LogP contribution in [-0.4, -0.2) is 12.6 Å². The first kappa shape index (κ1) is 15.1. The summed E-state index contributed by atoms with van der Waals surface area (Å²) in [5, 5.41) is 3.79.